The van der Waals surface area contributed by atoms with E-state index in [1.165, 1.54) is 24.1 Å². The zero-order valence-corrected chi connectivity index (χ0v) is 10.8. The molecule has 2 rings (SSSR count). The van der Waals surface area contributed by atoms with E-state index in [2.05, 4.69) is 15.3 Å². The van der Waals surface area contributed by atoms with Crippen LogP contribution in [-0.2, 0) is 13.2 Å². The first-order chi connectivity index (χ1) is 9.69. The minimum Gasteiger partial charge on any atom is -0.504 e. The third-order valence-corrected chi connectivity index (χ3v) is 2.58. The van der Waals surface area contributed by atoms with E-state index in [0.29, 0.717) is 11.3 Å². The van der Waals surface area contributed by atoms with Crippen molar-refractivity contribution in [1.82, 2.24) is 14.9 Å². The molecule has 2 aromatic rings. The Morgan fingerprint density at radius 3 is 2.45 bits per heavy atom. The maximum atomic E-state index is 9.49. The molecular formula is C12H14N4O4. The van der Waals surface area contributed by atoms with E-state index in [0.717, 1.165) is 0 Å². The third-order valence-electron chi connectivity index (χ3n) is 2.58. The maximum Gasteiger partial charge on any atom is 0.180 e. The quantitative estimate of drug-likeness (QED) is 0.656. The van der Waals surface area contributed by atoms with E-state index in [-0.39, 0.29) is 30.6 Å². The molecule has 0 bridgehead atoms. The molecule has 0 saturated carbocycles. The first-order valence-electron chi connectivity index (χ1n) is 5.75. The van der Waals surface area contributed by atoms with Crippen LogP contribution in [0.25, 0.3) is 0 Å². The molecule has 0 aliphatic rings. The van der Waals surface area contributed by atoms with Crippen molar-refractivity contribution in [2.24, 2.45) is 5.10 Å². The van der Waals surface area contributed by atoms with Crippen molar-refractivity contribution in [2.75, 3.05) is 7.11 Å². The van der Waals surface area contributed by atoms with Crippen molar-refractivity contribution in [1.29, 1.82) is 0 Å². The van der Waals surface area contributed by atoms with E-state index in [1.807, 2.05) is 0 Å². The Balaban J connectivity index is 2.31. The largest absolute Gasteiger partial charge is 0.504 e. The average molecular weight is 278 g/mol. The molecule has 20 heavy (non-hydrogen) atoms. The van der Waals surface area contributed by atoms with Crippen LogP contribution in [0.2, 0.25) is 0 Å². The van der Waals surface area contributed by atoms with E-state index in [4.69, 9.17) is 14.9 Å². The second kappa shape index (κ2) is 6.13. The predicted molar refractivity (Wildman–Crippen MR) is 69.5 cm³/mol. The van der Waals surface area contributed by atoms with Gasteiger partial charge in [-0.2, -0.15) is 9.78 Å². The predicted octanol–water partition coefficient (Wildman–Crippen LogP) is -0.141. The fraction of sp³-hybridized carbons (Fsp3) is 0.250. The average Bonchev–Trinajstić information content (AvgIpc) is 2.88. The molecule has 0 saturated heterocycles. The molecule has 8 heteroatoms. The van der Waals surface area contributed by atoms with Crippen LogP contribution in [0.15, 0.2) is 23.3 Å². The molecule has 0 spiro atoms. The highest BCUT2D eigenvalue weighted by Gasteiger charge is 2.09. The maximum absolute atomic E-state index is 9.49. The SMILES string of the molecule is COc1cc(/C=N/n2c(CO)nnc2CO)ccc1O. The molecule has 0 unspecified atom stereocenters. The summed E-state index contributed by atoms with van der Waals surface area (Å²) >= 11 is 0. The van der Waals surface area contributed by atoms with E-state index < -0.39 is 0 Å². The normalized spacial score (nSPS) is 11.2. The summed E-state index contributed by atoms with van der Waals surface area (Å²) in [6, 6.07) is 4.72. The van der Waals surface area contributed by atoms with Crippen LogP contribution < -0.4 is 4.74 Å². The Labute approximate surface area is 114 Å². The van der Waals surface area contributed by atoms with Gasteiger partial charge in [0.1, 0.15) is 13.2 Å². The lowest BCUT2D eigenvalue weighted by atomic mass is 10.2. The molecule has 0 atom stereocenters. The van der Waals surface area contributed by atoms with Gasteiger partial charge in [-0.15, -0.1) is 10.2 Å². The van der Waals surface area contributed by atoms with Crippen molar-refractivity contribution < 1.29 is 20.1 Å². The van der Waals surface area contributed by atoms with Crippen molar-refractivity contribution in [3.63, 3.8) is 0 Å². The lowest BCUT2D eigenvalue weighted by Crippen LogP contribution is -2.03. The van der Waals surface area contributed by atoms with Crippen LogP contribution in [0, 0.1) is 0 Å². The van der Waals surface area contributed by atoms with Crippen molar-refractivity contribution >= 4 is 6.21 Å². The molecule has 0 fully saturated rings. The molecule has 0 amide bonds. The highest BCUT2D eigenvalue weighted by atomic mass is 16.5. The highest BCUT2D eigenvalue weighted by molar-refractivity contribution is 5.80. The second-order valence-electron chi connectivity index (χ2n) is 3.84. The number of rotatable bonds is 5. The van der Waals surface area contributed by atoms with E-state index in [9.17, 15) is 5.11 Å². The number of benzene rings is 1. The van der Waals surface area contributed by atoms with E-state index in [1.54, 1.807) is 12.1 Å². The summed E-state index contributed by atoms with van der Waals surface area (Å²) in [5.74, 6) is 0.788. The standard InChI is InChI=1S/C12H14N4O4/c1-20-10-4-8(2-3-9(10)19)5-13-16-11(6-17)14-15-12(16)7-18/h2-5,17-19H,6-7H2,1H3/b13-5+. The number of methoxy groups -OCH3 is 1. The molecule has 0 aliphatic carbocycles. The summed E-state index contributed by atoms with van der Waals surface area (Å²) in [4.78, 5) is 0. The number of hydrogen-bond donors (Lipinski definition) is 3. The van der Waals surface area contributed by atoms with E-state index >= 15 is 0 Å². The van der Waals surface area contributed by atoms with Gasteiger partial charge in [0, 0.05) is 0 Å². The summed E-state index contributed by atoms with van der Waals surface area (Å²) in [6.45, 7) is -0.688. The Morgan fingerprint density at radius 2 is 1.90 bits per heavy atom. The first-order valence-corrected chi connectivity index (χ1v) is 5.75. The number of aromatic hydroxyl groups is 1. The van der Waals surface area contributed by atoms with Gasteiger partial charge in [0.15, 0.2) is 23.1 Å². The topological polar surface area (TPSA) is 113 Å². The highest BCUT2D eigenvalue weighted by Crippen LogP contribution is 2.25. The van der Waals surface area contributed by atoms with Gasteiger partial charge in [0.2, 0.25) is 0 Å². The molecule has 0 radical (unpaired) electrons. The number of aliphatic hydroxyl groups excluding tert-OH is 2. The number of ether oxygens (including phenoxy) is 1. The van der Waals surface area contributed by atoms with Crippen molar-refractivity contribution in [2.45, 2.75) is 13.2 Å². The minimum absolute atomic E-state index is 0.0287. The van der Waals surface area contributed by atoms with Crippen molar-refractivity contribution in [3.05, 3.63) is 35.4 Å². The zero-order valence-electron chi connectivity index (χ0n) is 10.8. The fourth-order valence-corrected chi connectivity index (χ4v) is 1.58. The molecule has 1 aromatic heterocycles. The minimum atomic E-state index is -0.344. The van der Waals surface area contributed by atoms with Crippen LogP contribution in [0.3, 0.4) is 0 Å². The lowest BCUT2D eigenvalue weighted by molar-refractivity contribution is 0.255. The summed E-state index contributed by atoms with van der Waals surface area (Å²) < 4.78 is 6.24. The molecule has 1 heterocycles. The Morgan fingerprint density at radius 1 is 1.25 bits per heavy atom. The Hall–Kier alpha value is -2.45. The number of hydrogen-bond acceptors (Lipinski definition) is 7. The first kappa shape index (κ1) is 14.0. The molecular weight excluding hydrogens is 264 g/mol. The number of aliphatic hydroxyl groups is 2. The Kier molecular flexibility index (Phi) is 4.28. The number of phenols is 1. The number of aromatic nitrogens is 3. The smallest absolute Gasteiger partial charge is 0.180 e. The molecule has 1 aromatic carbocycles. The summed E-state index contributed by atoms with van der Waals surface area (Å²) in [6.07, 6.45) is 1.48. The summed E-state index contributed by atoms with van der Waals surface area (Å²) in [5, 5.41) is 39.2. The van der Waals surface area contributed by atoms with Crippen LogP contribution in [0.5, 0.6) is 11.5 Å². The third kappa shape index (κ3) is 2.76. The summed E-state index contributed by atoms with van der Waals surface area (Å²) in [7, 11) is 1.45. The monoisotopic (exact) mass is 278 g/mol. The lowest BCUT2D eigenvalue weighted by Gasteiger charge is -2.04. The number of nitrogens with zero attached hydrogens (tertiary/aromatic N) is 4. The Bertz CT molecular complexity index is 602. The molecule has 106 valence electrons. The molecule has 3 N–H and O–H groups in total. The van der Waals surface area contributed by atoms with Crippen LogP contribution in [-0.4, -0.2) is 43.5 Å². The second-order valence-corrected chi connectivity index (χ2v) is 3.84. The van der Waals surface area contributed by atoms with Crippen molar-refractivity contribution in [3.8, 4) is 11.5 Å². The molecule has 0 aliphatic heterocycles. The van der Waals surface area contributed by atoms with Gasteiger partial charge in [0.05, 0.1) is 13.3 Å². The zero-order chi connectivity index (χ0) is 14.5. The van der Waals surface area contributed by atoms with Gasteiger partial charge in [-0.05, 0) is 23.8 Å². The van der Waals surface area contributed by atoms with Crippen LogP contribution in [0.4, 0.5) is 0 Å². The summed E-state index contributed by atoms with van der Waals surface area (Å²) in [5.41, 5.74) is 0.668. The number of phenolic OH excluding ortho intramolecular Hbond substituents is 1. The van der Waals surface area contributed by atoms with Crippen LogP contribution >= 0.6 is 0 Å². The van der Waals surface area contributed by atoms with Gasteiger partial charge < -0.3 is 20.1 Å². The van der Waals surface area contributed by atoms with Crippen LogP contribution in [0.1, 0.15) is 17.2 Å². The van der Waals surface area contributed by atoms with Gasteiger partial charge in [0.25, 0.3) is 0 Å². The van der Waals surface area contributed by atoms with Gasteiger partial charge in [-0.1, -0.05) is 0 Å². The molecule has 8 nitrogen and oxygen atoms in total. The van der Waals surface area contributed by atoms with Gasteiger partial charge >= 0.3 is 0 Å². The fourth-order valence-electron chi connectivity index (χ4n) is 1.58. The van der Waals surface area contributed by atoms with Gasteiger partial charge in [-0.25, -0.2) is 0 Å². The van der Waals surface area contributed by atoms with Gasteiger partial charge in [-0.3, -0.25) is 0 Å².